The van der Waals surface area contributed by atoms with Crippen LogP contribution in [0.1, 0.15) is 33.1 Å². The van der Waals surface area contributed by atoms with Gasteiger partial charge in [0, 0.05) is 26.8 Å². The quantitative estimate of drug-likeness (QED) is 0.840. The zero-order chi connectivity index (χ0) is 13.2. The molecule has 100 valence electrons. The van der Waals surface area contributed by atoms with Gasteiger partial charge in [0.15, 0.2) is 0 Å². The van der Waals surface area contributed by atoms with Gasteiger partial charge >= 0.3 is 0 Å². The SMILES string of the molecule is CCC1(CC)CC1CNc1nccc(N(C)C)n1. The molecule has 1 unspecified atom stereocenters. The Hall–Kier alpha value is -1.32. The van der Waals surface area contributed by atoms with Crippen LogP contribution in [0.15, 0.2) is 12.3 Å². The van der Waals surface area contributed by atoms with E-state index in [1.807, 2.05) is 31.3 Å². The Kier molecular flexibility index (Phi) is 3.73. The predicted molar refractivity (Wildman–Crippen MR) is 76.0 cm³/mol. The van der Waals surface area contributed by atoms with E-state index in [1.165, 1.54) is 19.3 Å². The van der Waals surface area contributed by atoms with Crippen LogP contribution >= 0.6 is 0 Å². The van der Waals surface area contributed by atoms with Crippen molar-refractivity contribution in [2.75, 3.05) is 30.9 Å². The minimum Gasteiger partial charge on any atom is -0.363 e. The Bertz CT molecular complexity index is 399. The summed E-state index contributed by atoms with van der Waals surface area (Å²) in [6, 6.07) is 1.92. The summed E-state index contributed by atoms with van der Waals surface area (Å²) in [4.78, 5) is 10.7. The summed E-state index contributed by atoms with van der Waals surface area (Å²) in [7, 11) is 3.98. The van der Waals surface area contributed by atoms with Crippen molar-refractivity contribution < 1.29 is 0 Å². The first-order chi connectivity index (χ1) is 8.61. The van der Waals surface area contributed by atoms with E-state index in [1.54, 1.807) is 0 Å². The van der Waals surface area contributed by atoms with Crippen LogP contribution in [0.3, 0.4) is 0 Å². The van der Waals surface area contributed by atoms with Crippen molar-refractivity contribution in [2.45, 2.75) is 33.1 Å². The Balaban J connectivity index is 1.90. The molecule has 0 bridgehead atoms. The van der Waals surface area contributed by atoms with E-state index in [0.717, 1.165) is 24.2 Å². The number of aromatic nitrogens is 2. The van der Waals surface area contributed by atoms with Gasteiger partial charge in [-0.3, -0.25) is 0 Å². The molecule has 2 rings (SSSR count). The molecule has 1 heterocycles. The Morgan fingerprint density at radius 2 is 2.11 bits per heavy atom. The molecule has 4 heteroatoms. The molecule has 0 aliphatic heterocycles. The van der Waals surface area contributed by atoms with Gasteiger partial charge in [-0.05, 0) is 23.8 Å². The molecule has 0 radical (unpaired) electrons. The van der Waals surface area contributed by atoms with Crippen LogP contribution in [-0.4, -0.2) is 30.6 Å². The molecule has 0 aromatic carbocycles. The third-order valence-electron chi connectivity index (χ3n) is 4.37. The highest BCUT2D eigenvalue weighted by molar-refractivity contribution is 5.40. The molecule has 1 aliphatic rings. The van der Waals surface area contributed by atoms with Crippen molar-refractivity contribution in [3.63, 3.8) is 0 Å². The topological polar surface area (TPSA) is 41.1 Å². The normalized spacial score (nSPS) is 20.6. The third-order valence-corrected chi connectivity index (χ3v) is 4.37. The zero-order valence-electron chi connectivity index (χ0n) is 11.9. The minimum atomic E-state index is 0.589. The van der Waals surface area contributed by atoms with Crippen molar-refractivity contribution in [2.24, 2.45) is 11.3 Å². The molecule has 1 atom stereocenters. The van der Waals surface area contributed by atoms with E-state index in [-0.39, 0.29) is 0 Å². The molecule has 1 fully saturated rings. The smallest absolute Gasteiger partial charge is 0.224 e. The Morgan fingerprint density at radius 1 is 1.39 bits per heavy atom. The average molecular weight is 248 g/mol. The monoisotopic (exact) mass is 248 g/mol. The van der Waals surface area contributed by atoms with Gasteiger partial charge in [-0.25, -0.2) is 4.98 Å². The fourth-order valence-electron chi connectivity index (χ4n) is 2.73. The zero-order valence-corrected chi connectivity index (χ0v) is 11.9. The number of hydrogen-bond donors (Lipinski definition) is 1. The average Bonchev–Trinajstić information content (AvgIpc) is 3.11. The maximum Gasteiger partial charge on any atom is 0.224 e. The fraction of sp³-hybridized carbons (Fsp3) is 0.714. The first-order valence-electron chi connectivity index (χ1n) is 6.85. The lowest BCUT2D eigenvalue weighted by atomic mass is 9.97. The number of nitrogens with zero attached hydrogens (tertiary/aromatic N) is 3. The third kappa shape index (κ3) is 2.57. The van der Waals surface area contributed by atoms with Crippen LogP contribution in [0.2, 0.25) is 0 Å². The lowest BCUT2D eigenvalue weighted by Crippen LogP contribution is -2.15. The molecule has 0 amide bonds. The standard InChI is InChI=1S/C14H24N4/c1-5-14(6-2)9-11(14)10-16-13-15-8-7-12(17-13)18(3)4/h7-8,11H,5-6,9-10H2,1-4H3,(H,15,16,17). The lowest BCUT2D eigenvalue weighted by molar-refractivity contribution is 0.428. The Morgan fingerprint density at radius 3 is 2.67 bits per heavy atom. The van der Waals surface area contributed by atoms with Crippen molar-refractivity contribution in [3.05, 3.63) is 12.3 Å². The largest absolute Gasteiger partial charge is 0.363 e. The predicted octanol–water partition coefficient (Wildman–Crippen LogP) is 2.78. The maximum atomic E-state index is 4.48. The van der Waals surface area contributed by atoms with E-state index in [4.69, 9.17) is 0 Å². The molecule has 0 spiro atoms. The van der Waals surface area contributed by atoms with Crippen LogP contribution in [0, 0.1) is 11.3 Å². The summed E-state index contributed by atoms with van der Waals surface area (Å²) in [5.74, 6) is 2.48. The maximum absolute atomic E-state index is 4.48. The molecule has 0 saturated heterocycles. The Labute approximate surface area is 110 Å². The van der Waals surface area contributed by atoms with E-state index < -0.39 is 0 Å². The van der Waals surface area contributed by atoms with Gasteiger partial charge in [-0.2, -0.15) is 4.98 Å². The summed E-state index contributed by atoms with van der Waals surface area (Å²) in [6.45, 7) is 5.60. The summed E-state index contributed by atoms with van der Waals surface area (Å²) in [5.41, 5.74) is 0.589. The number of rotatable bonds is 6. The number of hydrogen-bond acceptors (Lipinski definition) is 4. The molecule has 1 saturated carbocycles. The molecule has 1 aliphatic carbocycles. The first kappa shape index (κ1) is 13.1. The first-order valence-corrected chi connectivity index (χ1v) is 6.85. The van der Waals surface area contributed by atoms with Gasteiger partial charge in [0.25, 0.3) is 0 Å². The van der Waals surface area contributed by atoms with Crippen LogP contribution in [0.25, 0.3) is 0 Å². The minimum absolute atomic E-state index is 0.589. The molecule has 1 aromatic rings. The van der Waals surface area contributed by atoms with Crippen LogP contribution in [0.4, 0.5) is 11.8 Å². The molecule has 18 heavy (non-hydrogen) atoms. The van der Waals surface area contributed by atoms with Crippen LogP contribution in [-0.2, 0) is 0 Å². The number of nitrogens with one attached hydrogen (secondary N) is 1. The van der Waals surface area contributed by atoms with Crippen LogP contribution in [0.5, 0.6) is 0 Å². The van der Waals surface area contributed by atoms with E-state index in [0.29, 0.717) is 5.41 Å². The summed E-state index contributed by atoms with van der Waals surface area (Å²) in [6.07, 6.45) is 5.73. The van der Waals surface area contributed by atoms with Gasteiger partial charge in [-0.15, -0.1) is 0 Å². The second kappa shape index (κ2) is 5.12. The summed E-state index contributed by atoms with van der Waals surface area (Å²) >= 11 is 0. The van der Waals surface area contributed by atoms with Crippen molar-refractivity contribution in [1.82, 2.24) is 9.97 Å². The highest BCUT2D eigenvalue weighted by Gasteiger charge is 2.50. The molecule has 1 aromatic heterocycles. The molecule has 1 N–H and O–H groups in total. The van der Waals surface area contributed by atoms with Gasteiger partial charge in [0.1, 0.15) is 5.82 Å². The second-order valence-corrected chi connectivity index (χ2v) is 5.48. The number of anilines is 2. The van der Waals surface area contributed by atoms with E-state index in [2.05, 4.69) is 29.1 Å². The van der Waals surface area contributed by atoms with Gasteiger partial charge in [-0.1, -0.05) is 26.7 Å². The molecular weight excluding hydrogens is 224 g/mol. The van der Waals surface area contributed by atoms with Crippen LogP contribution < -0.4 is 10.2 Å². The van der Waals surface area contributed by atoms with E-state index >= 15 is 0 Å². The van der Waals surface area contributed by atoms with Crippen molar-refractivity contribution in [1.29, 1.82) is 0 Å². The van der Waals surface area contributed by atoms with Crippen molar-refractivity contribution >= 4 is 11.8 Å². The van der Waals surface area contributed by atoms with Gasteiger partial charge in [0.2, 0.25) is 5.95 Å². The molecule has 4 nitrogen and oxygen atoms in total. The van der Waals surface area contributed by atoms with E-state index in [9.17, 15) is 0 Å². The summed E-state index contributed by atoms with van der Waals surface area (Å²) < 4.78 is 0. The molecular formula is C14H24N4. The fourth-order valence-corrected chi connectivity index (χ4v) is 2.73. The highest BCUT2D eigenvalue weighted by atomic mass is 15.2. The van der Waals surface area contributed by atoms with Gasteiger partial charge in [0.05, 0.1) is 0 Å². The highest BCUT2D eigenvalue weighted by Crippen LogP contribution is 2.57. The lowest BCUT2D eigenvalue weighted by Gasteiger charge is -2.14. The second-order valence-electron chi connectivity index (χ2n) is 5.48. The summed E-state index contributed by atoms with van der Waals surface area (Å²) in [5, 5.41) is 3.38. The van der Waals surface area contributed by atoms with Gasteiger partial charge < -0.3 is 10.2 Å². The van der Waals surface area contributed by atoms with Crippen molar-refractivity contribution in [3.8, 4) is 0 Å².